The van der Waals surface area contributed by atoms with E-state index >= 15 is 0 Å². The van der Waals surface area contributed by atoms with Crippen molar-refractivity contribution < 1.29 is 0 Å². The molecule has 1 radical (unpaired) electrons. The van der Waals surface area contributed by atoms with E-state index in [1.807, 2.05) is 0 Å². The molecule has 0 aromatic heterocycles. The van der Waals surface area contributed by atoms with Crippen molar-refractivity contribution in [3.05, 3.63) is 6.42 Å². The molecule has 0 N–H and O–H groups in total. The maximum absolute atomic E-state index is 2.75. The molecular weight excluding hydrogens is 192 g/mol. The molecule has 0 nitrogen and oxygen atoms in total. The van der Waals surface area contributed by atoms with Gasteiger partial charge in [-0.05, 0) is 37.0 Å². The summed E-state index contributed by atoms with van der Waals surface area (Å²) < 4.78 is 0. The zero-order valence-electron chi connectivity index (χ0n) is 11.1. The molecule has 2 rings (SSSR count). The number of rotatable bonds is 4. The Morgan fingerprint density at radius 3 is 2.06 bits per heavy atom. The Morgan fingerprint density at radius 1 is 0.812 bits per heavy atom. The van der Waals surface area contributed by atoms with Gasteiger partial charge in [0.25, 0.3) is 0 Å². The Labute approximate surface area is 102 Å². The predicted molar refractivity (Wildman–Crippen MR) is 71.2 cm³/mol. The zero-order valence-corrected chi connectivity index (χ0v) is 11.1. The van der Waals surface area contributed by atoms with Gasteiger partial charge in [0.05, 0.1) is 0 Å². The van der Waals surface area contributed by atoms with Crippen molar-refractivity contribution in [2.45, 2.75) is 77.6 Å². The fourth-order valence-electron chi connectivity index (χ4n) is 3.79. The van der Waals surface area contributed by atoms with Crippen LogP contribution < -0.4 is 0 Å². The third kappa shape index (κ3) is 3.79. The summed E-state index contributed by atoms with van der Waals surface area (Å²) in [4.78, 5) is 0. The fraction of sp³-hybridized carbons (Fsp3) is 0.938. The van der Waals surface area contributed by atoms with Crippen LogP contribution in [0.15, 0.2) is 0 Å². The van der Waals surface area contributed by atoms with E-state index in [0.717, 1.165) is 17.8 Å². The highest BCUT2D eigenvalue weighted by Crippen LogP contribution is 2.37. The van der Waals surface area contributed by atoms with E-state index in [2.05, 4.69) is 13.3 Å². The second-order valence-electron chi connectivity index (χ2n) is 6.16. The Kier molecular flexibility index (Phi) is 5.19. The van der Waals surface area contributed by atoms with Crippen LogP contribution in [0.5, 0.6) is 0 Å². The monoisotopic (exact) mass is 221 g/mol. The van der Waals surface area contributed by atoms with Crippen LogP contribution in [0, 0.1) is 24.2 Å². The highest BCUT2D eigenvalue weighted by molar-refractivity contribution is 4.88. The molecule has 0 aliphatic heterocycles. The minimum Gasteiger partial charge on any atom is -0.0654 e. The molecule has 0 spiro atoms. The lowest BCUT2D eigenvalue weighted by Crippen LogP contribution is -2.19. The fourth-order valence-corrected chi connectivity index (χ4v) is 3.79. The lowest BCUT2D eigenvalue weighted by molar-refractivity contribution is 0.258. The van der Waals surface area contributed by atoms with E-state index in [4.69, 9.17) is 0 Å². The first-order valence-corrected chi connectivity index (χ1v) is 7.73. The van der Waals surface area contributed by atoms with Crippen molar-refractivity contribution in [3.63, 3.8) is 0 Å². The SMILES string of the molecule is CCC[C@H]1CC[C@H]([CH]C2CCCCC2)CC1. The Hall–Kier alpha value is 0. The quantitative estimate of drug-likeness (QED) is 0.598. The van der Waals surface area contributed by atoms with E-state index in [1.165, 1.54) is 70.6 Å². The van der Waals surface area contributed by atoms with Gasteiger partial charge in [-0.15, -0.1) is 0 Å². The molecule has 0 aromatic carbocycles. The van der Waals surface area contributed by atoms with E-state index in [-0.39, 0.29) is 0 Å². The van der Waals surface area contributed by atoms with Gasteiger partial charge >= 0.3 is 0 Å². The molecule has 16 heavy (non-hydrogen) atoms. The summed E-state index contributed by atoms with van der Waals surface area (Å²) in [5, 5.41) is 0. The van der Waals surface area contributed by atoms with Gasteiger partial charge in [0.2, 0.25) is 0 Å². The minimum atomic E-state index is 0.983. The van der Waals surface area contributed by atoms with E-state index < -0.39 is 0 Å². The number of hydrogen-bond acceptors (Lipinski definition) is 0. The molecule has 0 aromatic rings. The second-order valence-corrected chi connectivity index (χ2v) is 6.16. The molecule has 2 aliphatic rings. The molecule has 0 bridgehead atoms. The first-order chi connectivity index (χ1) is 7.88. The normalized spacial score (nSPS) is 32.8. The van der Waals surface area contributed by atoms with Crippen LogP contribution in [0.1, 0.15) is 77.6 Å². The van der Waals surface area contributed by atoms with Crippen LogP contribution >= 0.6 is 0 Å². The van der Waals surface area contributed by atoms with Crippen LogP contribution in [-0.2, 0) is 0 Å². The van der Waals surface area contributed by atoms with Gasteiger partial charge in [-0.1, -0.05) is 64.7 Å². The lowest BCUT2D eigenvalue weighted by Gasteiger charge is -2.32. The summed E-state index contributed by atoms with van der Waals surface area (Å²) in [5.74, 6) is 3.04. The molecule has 0 heteroatoms. The van der Waals surface area contributed by atoms with Crippen molar-refractivity contribution in [1.29, 1.82) is 0 Å². The van der Waals surface area contributed by atoms with Crippen molar-refractivity contribution in [1.82, 2.24) is 0 Å². The van der Waals surface area contributed by atoms with Gasteiger partial charge in [-0.25, -0.2) is 0 Å². The Balaban J connectivity index is 1.64. The molecule has 0 heterocycles. The smallest absolute Gasteiger partial charge is 0.0324 e. The van der Waals surface area contributed by atoms with Gasteiger partial charge in [-0.2, -0.15) is 0 Å². The Bertz CT molecular complexity index is 170. The summed E-state index contributed by atoms with van der Waals surface area (Å²) in [6, 6.07) is 0. The van der Waals surface area contributed by atoms with Gasteiger partial charge < -0.3 is 0 Å². The first-order valence-electron chi connectivity index (χ1n) is 7.73. The van der Waals surface area contributed by atoms with Gasteiger partial charge in [0.15, 0.2) is 0 Å². The van der Waals surface area contributed by atoms with Crippen molar-refractivity contribution in [2.24, 2.45) is 17.8 Å². The molecular formula is C16H29. The van der Waals surface area contributed by atoms with Crippen LogP contribution in [0.4, 0.5) is 0 Å². The molecule has 0 atom stereocenters. The molecule has 0 unspecified atom stereocenters. The second kappa shape index (κ2) is 6.67. The largest absolute Gasteiger partial charge is 0.0654 e. The van der Waals surface area contributed by atoms with Gasteiger partial charge in [0, 0.05) is 0 Å². The minimum absolute atomic E-state index is 0.983. The van der Waals surface area contributed by atoms with Gasteiger partial charge in [0.1, 0.15) is 0 Å². The van der Waals surface area contributed by atoms with Crippen LogP contribution in [0.2, 0.25) is 0 Å². The van der Waals surface area contributed by atoms with Crippen molar-refractivity contribution in [2.75, 3.05) is 0 Å². The van der Waals surface area contributed by atoms with Crippen LogP contribution in [0.3, 0.4) is 0 Å². The molecule has 0 amide bonds. The third-order valence-corrected chi connectivity index (χ3v) is 4.78. The first kappa shape index (κ1) is 12.5. The maximum atomic E-state index is 2.75. The van der Waals surface area contributed by atoms with Gasteiger partial charge in [-0.3, -0.25) is 0 Å². The molecule has 2 fully saturated rings. The summed E-state index contributed by atoms with van der Waals surface area (Å²) in [5.41, 5.74) is 0. The van der Waals surface area contributed by atoms with E-state index in [0.29, 0.717) is 0 Å². The molecule has 2 saturated carbocycles. The molecule has 0 saturated heterocycles. The number of hydrogen-bond donors (Lipinski definition) is 0. The summed E-state index contributed by atoms with van der Waals surface area (Å²) in [6.07, 6.45) is 19.1. The topological polar surface area (TPSA) is 0 Å². The summed E-state index contributed by atoms with van der Waals surface area (Å²) in [7, 11) is 0. The van der Waals surface area contributed by atoms with Crippen molar-refractivity contribution >= 4 is 0 Å². The Morgan fingerprint density at radius 2 is 1.44 bits per heavy atom. The third-order valence-electron chi connectivity index (χ3n) is 4.78. The average Bonchev–Trinajstić information content (AvgIpc) is 2.33. The van der Waals surface area contributed by atoms with E-state index in [9.17, 15) is 0 Å². The predicted octanol–water partition coefficient (Wildman–Crippen LogP) is 5.38. The summed E-state index contributed by atoms with van der Waals surface area (Å²) in [6.45, 7) is 2.33. The van der Waals surface area contributed by atoms with Crippen molar-refractivity contribution in [3.8, 4) is 0 Å². The standard InChI is InChI=1S/C16H29/c1-2-6-14-9-11-16(12-10-14)13-15-7-4-3-5-8-15/h13-16H,2-12H2,1H3/t14-,16-. The maximum Gasteiger partial charge on any atom is -0.0324 e. The molecule has 2 aliphatic carbocycles. The molecule has 93 valence electrons. The van der Waals surface area contributed by atoms with Crippen LogP contribution in [0.25, 0.3) is 0 Å². The van der Waals surface area contributed by atoms with E-state index in [1.54, 1.807) is 0 Å². The highest BCUT2D eigenvalue weighted by atomic mass is 14.3. The zero-order chi connectivity index (χ0) is 11.2. The average molecular weight is 221 g/mol. The lowest BCUT2D eigenvalue weighted by atomic mass is 9.74. The summed E-state index contributed by atoms with van der Waals surface area (Å²) >= 11 is 0. The highest BCUT2D eigenvalue weighted by Gasteiger charge is 2.24. The van der Waals surface area contributed by atoms with Crippen LogP contribution in [-0.4, -0.2) is 0 Å².